The van der Waals surface area contributed by atoms with E-state index in [1.54, 1.807) is 12.5 Å². The lowest BCUT2D eigenvalue weighted by Gasteiger charge is -2.08. The van der Waals surface area contributed by atoms with Gasteiger partial charge in [-0.2, -0.15) is 0 Å². The lowest BCUT2D eigenvalue weighted by atomic mass is 10.0. The number of hydrogen-bond donors (Lipinski definition) is 3. The fourth-order valence-corrected chi connectivity index (χ4v) is 3.38. The first-order chi connectivity index (χ1) is 13.8. The lowest BCUT2D eigenvalue weighted by molar-refractivity contribution is 0.0942. The predicted octanol–water partition coefficient (Wildman–Crippen LogP) is 3.19. The summed E-state index contributed by atoms with van der Waals surface area (Å²) in [6, 6.07) is 16.3. The number of benzene rings is 2. The van der Waals surface area contributed by atoms with Gasteiger partial charge in [0.1, 0.15) is 5.69 Å². The molecule has 0 radical (unpaired) electrons. The van der Waals surface area contributed by atoms with E-state index in [1.165, 1.54) is 0 Å². The fourth-order valence-electron chi connectivity index (χ4n) is 3.38. The first-order valence-corrected chi connectivity index (χ1v) is 9.31. The van der Waals surface area contributed by atoms with Crippen molar-refractivity contribution in [2.75, 3.05) is 13.2 Å². The van der Waals surface area contributed by atoms with E-state index in [9.17, 15) is 4.79 Å². The number of nitrogens with zero attached hydrogens (tertiary/aromatic N) is 2. The van der Waals surface area contributed by atoms with Crippen LogP contribution in [0.3, 0.4) is 0 Å². The summed E-state index contributed by atoms with van der Waals surface area (Å²) in [7, 11) is 0. The molecule has 2 aromatic heterocycles. The van der Waals surface area contributed by atoms with Gasteiger partial charge < -0.3 is 20.0 Å². The zero-order valence-electron chi connectivity index (χ0n) is 15.4. The van der Waals surface area contributed by atoms with Gasteiger partial charge in [-0.25, -0.2) is 4.98 Å². The number of H-pyrrole nitrogens is 1. The summed E-state index contributed by atoms with van der Waals surface area (Å²) < 4.78 is 1.93. The van der Waals surface area contributed by atoms with Crippen molar-refractivity contribution in [2.24, 2.45) is 0 Å². The summed E-state index contributed by atoms with van der Waals surface area (Å²) >= 11 is 0. The topological polar surface area (TPSA) is 82.9 Å². The Balaban J connectivity index is 1.74. The van der Waals surface area contributed by atoms with Gasteiger partial charge in [0.05, 0.1) is 18.6 Å². The number of nitrogens with one attached hydrogen (secondary N) is 2. The molecule has 0 bridgehead atoms. The van der Waals surface area contributed by atoms with Crippen LogP contribution in [0.4, 0.5) is 0 Å². The van der Waals surface area contributed by atoms with Crippen LogP contribution in [0.25, 0.3) is 21.9 Å². The quantitative estimate of drug-likeness (QED) is 0.435. The Bertz CT molecular complexity index is 1080. The molecular weight excluding hydrogens is 352 g/mol. The molecule has 142 valence electrons. The molecule has 2 heterocycles. The molecule has 0 aliphatic heterocycles. The van der Waals surface area contributed by atoms with Crippen molar-refractivity contribution in [1.29, 1.82) is 0 Å². The maximum Gasteiger partial charge on any atom is 0.267 e. The number of aliphatic hydroxyl groups is 1. The van der Waals surface area contributed by atoms with E-state index in [1.807, 2.05) is 35.0 Å². The van der Waals surface area contributed by atoms with E-state index in [2.05, 4.69) is 39.6 Å². The normalized spacial score (nSPS) is 11.0. The number of rotatable bonds is 7. The molecule has 0 aliphatic rings. The summed E-state index contributed by atoms with van der Waals surface area (Å²) in [5.74, 6) is -0.153. The van der Waals surface area contributed by atoms with Crippen molar-refractivity contribution in [3.05, 3.63) is 78.6 Å². The van der Waals surface area contributed by atoms with Gasteiger partial charge in [0.25, 0.3) is 5.91 Å². The van der Waals surface area contributed by atoms with E-state index >= 15 is 0 Å². The molecule has 6 nitrogen and oxygen atoms in total. The number of aliphatic hydroxyl groups excluding tert-OH is 1. The van der Waals surface area contributed by atoms with Gasteiger partial charge in [0, 0.05) is 31.1 Å². The standard InChI is InChI=1S/C22H22N4O2/c27-10-4-9-24-22(28)21-11-17(13-26(21)14-18-12-23-15-25-18)20-8-3-6-16-5-1-2-7-19(16)20/h1-3,5-8,11-13,15,27H,4,9-10,14H2,(H,23,25)(H,24,28). The van der Waals surface area contributed by atoms with Gasteiger partial charge in [-0.3, -0.25) is 4.79 Å². The van der Waals surface area contributed by atoms with E-state index in [0.717, 1.165) is 27.6 Å². The number of carbonyl (C=O) groups is 1. The molecule has 28 heavy (non-hydrogen) atoms. The summed E-state index contributed by atoms with van der Waals surface area (Å²) in [5, 5.41) is 14.1. The third-order valence-corrected chi connectivity index (χ3v) is 4.75. The van der Waals surface area contributed by atoms with Crippen molar-refractivity contribution in [2.45, 2.75) is 13.0 Å². The highest BCUT2D eigenvalue weighted by Crippen LogP contribution is 2.30. The van der Waals surface area contributed by atoms with Crippen LogP contribution in [0.2, 0.25) is 0 Å². The number of aromatic nitrogens is 3. The van der Waals surface area contributed by atoms with Crippen molar-refractivity contribution in [1.82, 2.24) is 19.9 Å². The molecule has 4 aromatic rings. The highest BCUT2D eigenvalue weighted by Gasteiger charge is 2.16. The van der Waals surface area contributed by atoms with Crippen LogP contribution in [0.15, 0.2) is 67.3 Å². The molecule has 0 saturated heterocycles. The molecule has 1 amide bonds. The largest absolute Gasteiger partial charge is 0.396 e. The molecule has 0 saturated carbocycles. The van der Waals surface area contributed by atoms with E-state index in [0.29, 0.717) is 25.2 Å². The number of hydrogen-bond acceptors (Lipinski definition) is 3. The molecule has 0 aliphatic carbocycles. The third kappa shape index (κ3) is 3.68. The monoisotopic (exact) mass is 374 g/mol. The van der Waals surface area contributed by atoms with E-state index in [4.69, 9.17) is 5.11 Å². The number of amides is 1. The Morgan fingerprint density at radius 2 is 2.04 bits per heavy atom. The second kappa shape index (κ2) is 8.10. The smallest absolute Gasteiger partial charge is 0.267 e. The maximum atomic E-state index is 12.7. The minimum absolute atomic E-state index is 0.0523. The lowest BCUT2D eigenvalue weighted by Crippen LogP contribution is -2.27. The molecule has 0 fully saturated rings. The first-order valence-electron chi connectivity index (χ1n) is 9.31. The van der Waals surface area contributed by atoms with Crippen LogP contribution < -0.4 is 5.32 Å². The van der Waals surface area contributed by atoms with Crippen LogP contribution in [-0.4, -0.2) is 38.7 Å². The molecule has 4 rings (SSSR count). The van der Waals surface area contributed by atoms with Crippen molar-refractivity contribution in [3.8, 4) is 11.1 Å². The highest BCUT2D eigenvalue weighted by molar-refractivity contribution is 5.99. The number of aromatic amines is 1. The summed E-state index contributed by atoms with van der Waals surface area (Å²) in [6.45, 7) is 1.01. The molecule has 6 heteroatoms. The molecule has 0 spiro atoms. The average molecular weight is 374 g/mol. The Morgan fingerprint density at radius 3 is 2.86 bits per heavy atom. The van der Waals surface area contributed by atoms with Crippen LogP contribution in [0.1, 0.15) is 22.6 Å². The number of fused-ring (bicyclic) bond motifs is 1. The van der Waals surface area contributed by atoms with E-state index < -0.39 is 0 Å². The second-order valence-electron chi connectivity index (χ2n) is 6.68. The maximum absolute atomic E-state index is 12.7. The molecular formula is C22H22N4O2. The first kappa shape index (κ1) is 18.0. The van der Waals surface area contributed by atoms with Crippen LogP contribution >= 0.6 is 0 Å². The zero-order valence-corrected chi connectivity index (χ0v) is 15.4. The Hall–Kier alpha value is -3.38. The third-order valence-electron chi connectivity index (χ3n) is 4.75. The molecule has 0 atom stereocenters. The Kier molecular flexibility index (Phi) is 5.21. The molecule has 2 aromatic carbocycles. The van der Waals surface area contributed by atoms with Crippen molar-refractivity contribution < 1.29 is 9.90 Å². The van der Waals surface area contributed by atoms with Crippen LogP contribution in [0.5, 0.6) is 0 Å². The van der Waals surface area contributed by atoms with E-state index in [-0.39, 0.29) is 12.5 Å². The zero-order chi connectivity index (χ0) is 19.3. The van der Waals surface area contributed by atoms with Gasteiger partial charge in [-0.1, -0.05) is 42.5 Å². The highest BCUT2D eigenvalue weighted by atomic mass is 16.3. The van der Waals surface area contributed by atoms with Gasteiger partial charge in [-0.15, -0.1) is 0 Å². The number of imidazole rings is 1. The van der Waals surface area contributed by atoms with Gasteiger partial charge in [0.15, 0.2) is 0 Å². The van der Waals surface area contributed by atoms with Gasteiger partial charge in [-0.05, 0) is 28.8 Å². The summed E-state index contributed by atoms with van der Waals surface area (Å²) in [6.07, 6.45) is 5.92. The van der Waals surface area contributed by atoms with Crippen LogP contribution in [-0.2, 0) is 6.54 Å². The number of carbonyl (C=O) groups excluding carboxylic acids is 1. The minimum Gasteiger partial charge on any atom is -0.396 e. The van der Waals surface area contributed by atoms with Crippen molar-refractivity contribution >= 4 is 16.7 Å². The second-order valence-corrected chi connectivity index (χ2v) is 6.68. The Morgan fingerprint density at radius 1 is 1.18 bits per heavy atom. The van der Waals surface area contributed by atoms with Gasteiger partial charge >= 0.3 is 0 Å². The average Bonchev–Trinajstić information content (AvgIpc) is 3.38. The van der Waals surface area contributed by atoms with Gasteiger partial charge in [0.2, 0.25) is 0 Å². The fraction of sp³-hybridized carbons (Fsp3) is 0.182. The SMILES string of the molecule is O=C(NCCCO)c1cc(-c2cccc3ccccc23)cn1Cc1cnc[nH]1. The predicted molar refractivity (Wildman–Crippen MR) is 109 cm³/mol. The van der Waals surface area contributed by atoms with Crippen molar-refractivity contribution in [3.63, 3.8) is 0 Å². The Labute approximate surface area is 162 Å². The van der Waals surface area contributed by atoms with Crippen LogP contribution in [0, 0.1) is 0 Å². The minimum atomic E-state index is -0.153. The summed E-state index contributed by atoms with van der Waals surface area (Å²) in [5.41, 5.74) is 3.58. The molecule has 3 N–H and O–H groups in total. The summed E-state index contributed by atoms with van der Waals surface area (Å²) in [4.78, 5) is 19.9. The molecule has 0 unspecified atom stereocenters.